The molecule has 2 aromatic carbocycles. The van der Waals surface area contributed by atoms with Gasteiger partial charge in [-0.05, 0) is 42.5 Å². The van der Waals surface area contributed by atoms with Crippen LogP contribution in [0.1, 0.15) is 0 Å². The summed E-state index contributed by atoms with van der Waals surface area (Å²) in [6, 6.07) is 13.4. The van der Waals surface area contributed by atoms with Crippen LogP contribution in [0, 0.1) is 0 Å². The number of aryl methyl sites for hydroxylation is 1. The zero-order chi connectivity index (χ0) is 12.7. The third kappa shape index (κ3) is 1.73. The number of nitrogen functional groups attached to an aromatic ring is 1. The molecule has 0 atom stereocenters. The van der Waals surface area contributed by atoms with Gasteiger partial charge in [0.1, 0.15) is 5.82 Å². The molecule has 90 valence electrons. The normalized spacial score (nSPS) is 11.0. The van der Waals surface area contributed by atoms with E-state index >= 15 is 0 Å². The Balaban J connectivity index is 2.23. The minimum atomic E-state index is 0.724. The van der Waals surface area contributed by atoms with Gasteiger partial charge < -0.3 is 10.3 Å². The van der Waals surface area contributed by atoms with Gasteiger partial charge >= 0.3 is 0 Å². The molecule has 4 heteroatoms. The molecule has 0 unspecified atom stereocenters. The summed E-state index contributed by atoms with van der Waals surface area (Å²) in [7, 11) is 1.98. The summed E-state index contributed by atoms with van der Waals surface area (Å²) in [6.07, 6.45) is 0. The second-order valence-corrected chi connectivity index (χ2v) is 4.69. The third-order valence-electron chi connectivity index (χ3n) is 3.01. The van der Waals surface area contributed by atoms with Crippen LogP contribution in [0.25, 0.3) is 22.4 Å². The van der Waals surface area contributed by atoms with E-state index in [1.807, 2.05) is 54.1 Å². The van der Waals surface area contributed by atoms with Crippen molar-refractivity contribution in [1.29, 1.82) is 0 Å². The van der Waals surface area contributed by atoms with E-state index in [0.717, 1.165) is 33.1 Å². The molecule has 3 rings (SSSR count). The first-order chi connectivity index (χ1) is 8.65. The van der Waals surface area contributed by atoms with Crippen LogP contribution in [-0.4, -0.2) is 9.55 Å². The number of halogens is 1. The van der Waals surface area contributed by atoms with Crippen molar-refractivity contribution in [1.82, 2.24) is 9.55 Å². The first-order valence-corrected chi connectivity index (χ1v) is 6.01. The predicted molar refractivity (Wildman–Crippen MR) is 75.6 cm³/mol. The van der Waals surface area contributed by atoms with Gasteiger partial charge in [0.05, 0.1) is 11.0 Å². The van der Waals surface area contributed by atoms with Crippen LogP contribution in [-0.2, 0) is 7.05 Å². The van der Waals surface area contributed by atoms with Gasteiger partial charge in [-0.15, -0.1) is 0 Å². The molecule has 0 saturated carbocycles. The van der Waals surface area contributed by atoms with E-state index in [1.165, 1.54) is 0 Å². The van der Waals surface area contributed by atoms with Gasteiger partial charge in [0, 0.05) is 23.3 Å². The van der Waals surface area contributed by atoms with Gasteiger partial charge in [-0.2, -0.15) is 0 Å². The van der Waals surface area contributed by atoms with Crippen LogP contribution < -0.4 is 5.73 Å². The summed E-state index contributed by atoms with van der Waals surface area (Å²) < 4.78 is 2.04. The Morgan fingerprint density at radius 2 is 1.83 bits per heavy atom. The highest BCUT2D eigenvalue weighted by Crippen LogP contribution is 2.25. The molecule has 3 nitrogen and oxygen atoms in total. The number of hydrogen-bond donors (Lipinski definition) is 1. The largest absolute Gasteiger partial charge is 0.399 e. The zero-order valence-corrected chi connectivity index (χ0v) is 10.6. The number of imidazole rings is 1. The predicted octanol–water partition coefficient (Wildman–Crippen LogP) is 3.48. The van der Waals surface area contributed by atoms with Crippen molar-refractivity contribution >= 4 is 28.3 Å². The molecule has 0 spiro atoms. The molecule has 0 fully saturated rings. The maximum Gasteiger partial charge on any atom is 0.140 e. The number of hydrogen-bond acceptors (Lipinski definition) is 2. The maximum atomic E-state index is 5.89. The Labute approximate surface area is 110 Å². The highest BCUT2D eigenvalue weighted by atomic mass is 35.5. The van der Waals surface area contributed by atoms with E-state index in [4.69, 9.17) is 17.3 Å². The Bertz CT molecular complexity index is 714. The fraction of sp³-hybridized carbons (Fsp3) is 0.0714. The Morgan fingerprint density at radius 1 is 1.11 bits per heavy atom. The highest BCUT2D eigenvalue weighted by molar-refractivity contribution is 6.30. The first-order valence-electron chi connectivity index (χ1n) is 5.63. The number of aromatic nitrogens is 2. The molecule has 0 bridgehead atoms. The molecular formula is C14H12ClN3. The van der Waals surface area contributed by atoms with Gasteiger partial charge in [-0.1, -0.05) is 11.6 Å². The summed E-state index contributed by atoms with van der Waals surface area (Å²) in [6.45, 7) is 0. The smallest absolute Gasteiger partial charge is 0.140 e. The fourth-order valence-corrected chi connectivity index (χ4v) is 2.19. The number of nitrogens with zero attached hydrogens (tertiary/aromatic N) is 2. The molecule has 0 radical (unpaired) electrons. The van der Waals surface area contributed by atoms with Crippen LogP contribution in [0.4, 0.5) is 5.69 Å². The highest BCUT2D eigenvalue weighted by Gasteiger charge is 2.09. The summed E-state index contributed by atoms with van der Waals surface area (Å²) in [5, 5.41) is 0.724. The summed E-state index contributed by atoms with van der Waals surface area (Å²) in [5.74, 6) is 0.910. The Kier molecular flexibility index (Phi) is 2.49. The second-order valence-electron chi connectivity index (χ2n) is 4.25. The summed E-state index contributed by atoms with van der Waals surface area (Å²) in [5.41, 5.74) is 9.55. The van der Waals surface area contributed by atoms with E-state index in [2.05, 4.69) is 4.98 Å². The average molecular weight is 258 g/mol. The Hall–Kier alpha value is -2.00. The Morgan fingerprint density at radius 3 is 2.56 bits per heavy atom. The van der Waals surface area contributed by atoms with Crippen LogP contribution in [0.15, 0.2) is 42.5 Å². The minimum absolute atomic E-state index is 0.724. The lowest BCUT2D eigenvalue weighted by Crippen LogP contribution is -1.92. The molecule has 1 aromatic heterocycles. The van der Waals surface area contributed by atoms with Crippen LogP contribution in [0.5, 0.6) is 0 Å². The molecule has 0 saturated heterocycles. The van der Waals surface area contributed by atoms with E-state index in [9.17, 15) is 0 Å². The van der Waals surface area contributed by atoms with Gasteiger partial charge in [-0.3, -0.25) is 0 Å². The first kappa shape index (κ1) is 11.1. The molecule has 2 N–H and O–H groups in total. The number of anilines is 1. The van der Waals surface area contributed by atoms with Gasteiger partial charge in [0.2, 0.25) is 0 Å². The van der Waals surface area contributed by atoms with Crippen molar-refractivity contribution < 1.29 is 0 Å². The monoisotopic (exact) mass is 257 g/mol. The molecule has 0 aliphatic rings. The van der Waals surface area contributed by atoms with Crippen molar-refractivity contribution in [2.45, 2.75) is 0 Å². The van der Waals surface area contributed by atoms with Crippen LogP contribution in [0.2, 0.25) is 5.02 Å². The molecular weight excluding hydrogens is 246 g/mol. The van der Waals surface area contributed by atoms with E-state index in [-0.39, 0.29) is 0 Å². The maximum absolute atomic E-state index is 5.89. The molecule has 3 aromatic rings. The topological polar surface area (TPSA) is 43.8 Å². The lowest BCUT2D eigenvalue weighted by atomic mass is 10.2. The van der Waals surface area contributed by atoms with Crippen LogP contribution in [0.3, 0.4) is 0 Å². The van der Waals surface area contributed by atoms with Crippen molar-refractivity contribution in [2.75, 3.05) is 5.73 Å². The summed E-state index contributed by atoms with van der Waals surface area (Å²) in [4.78, 5) is 4.62. The summed E-state index contributed by atoms with van der Waals surface area (Å²) >= 11 is 5.89. The van der Waals surface area contributed by atoms with E-state index in [0.29, 0.717) is 0 Å². The van der Waals surface area contributed by atoms with Crippen LogP contribution >= 0.6 is 11.6 Å². The molecule has 0 aliphatic heterocycles. The standard InChI is InChI=1S/C14H12ClN3/c1-18-13-8-11(16)6-7-12(13)17-14(18)9-2-4-10(15)5-3-9/h2-8H,16H2,1H3. The molecule has 18 heavy (non-hydrogen) atoms. The second kappa shape index (κ2) is 4.03. The van der Waals surface area contributed by atoms with Gasteiger partial charge in [0.25, 0.3) is 0 Å². The average Bonchev–Trinajstić information content (AvgIpc) is 2.68. The molecule has 0 aliphatic carbocycles. The quantitative estimate of drug-likeness (QED) is 0.679. The minimum Gasteiger partial charge on any atom is -0.399 e. The number of benzene rings is 2. The third-order valence-corrected chi connectivity index (χ3v) is 3.26. The SMILES string of the molecule is Cn1c(-c2ccc(Cl)cc2)nc2ccc(N)cc21. The van der Waals surface area contributed by atoms with E-state index < -0.39 is 0 Å². The number of fused-ring (bicyclic) bond motifs is 1. The lowest BCUT2D eigenvalue weighted by Gasteiger charge is -2.02. The number of nitrogens with two attached hydrogens (primary N) is 1. The lowest BCUT2D eigenvalue weighted by molar-refractivity contribution is 0.959. The molecule has 0 amide bonds. The van der Waals surface area contributed by atoms with Crippen molar-refractivity contribution in [3.63, 3.8) is 0 Å². The van der Waals surface area contributed by atoms with Crippen molar-refractivity contribution in [3.8, 4) is 11.4 Å². The fourth-order valence-electron chi connectivity index (χ4n) is 2.06. The van der Waals surface area contributed by atoms with Crippen molar-refractivity contribution in [2.24, 2.45) is 7.05 Å². The zero-order valence-electron chi connectivity index (χ0n) is 9.89. The number of rotatable bonds is 1. The van der Waals surface area contributed by atoms with Gasteiger partial charge in [-0.25, -0.2) is 4.98 Å². The van der Waals surface area contributed by atoms with Crippen molar-refractivity contribution in [3.05, 3.63) is 47.5 Å². The molecule has 1 heterocycles. The van der Waals surface area contributed by atoms with E-state index in [1.54, 1.807) is 0 Å². The van der Waals surface area contributed by atoms with Gasteiger partial charge in [0.15, 0.2) is 0 Å².